The average Bonchev–Trinajstić information content (AvgIpc) is 2.24. The number of hydrogen-bond donors (Lipinski definition) is 0. The Morgan fingerprint density at radius 1 is 1.33 bits per heavy atom. The van der Waals surface area contributed by atoms with Crippen LogP contribution in [-0.2, 0) is 14.8 Å². The van der Waals surface area contributed by atoms with Gasteiger partial charge in [0.05, 0.1) is 0 Å². The van der Waals surface area contributed by atoms with Crippen LogP contribution in [0, 0.1) is 5.92 Å². The summed E-state index contributed by atoms with van der Waals surface area (Å²) in [6.07, 6.45) is 0.378. The van der Waals surface area contributed by atoms with Gasteiger partial charge < -0.3 is 0 Å². The van der Waals surface area contributed by atoms with Crippen molar-refractivity contribution in [1.82, 2.24) is 4.31 Å². The predicted octanol–water partition coefficient (Wildman–Crippen LogP) is 1.45. The normalized spacial score (nSPS) is 30.6. The highest BCUT2D eigenvalue weighted by Crippen LogP contribution is 2.39. The third-order valence-corrected chi connectivity index (χ3v) is 5.11. The smallest absolute Gasteiger partial charge is 0.299 e. The maximum atomic E-state index is 12.5. The van der Waals surface area contributed by atoms with Gasteiger partial charge in [-0.25, -0.2) is 8.42 Å². The van der Waals surface area contributed by atoms with Gasteiger partial charge in [0, 0.05) is 24.9 Å². The second kappa shape index (κ2) is 4.06. The fraction of sp³-hybridized carbons (Fsp3) is 0.700. The summed E-state index contributed by atoms with van der Waals surface area (Å²) in [5.41, 5.74) is -5.05. The third kappa shape index (κ3) is 1.97. The van der Waals surface area contributed by atoms with E-state index in [1.807, 2.05) is 0 Å². The van der Waals surface area contributed by atoms with E-state index in [-0.39, 0.29) is 30.6 Å². The van der Waals surface area contributed by atoms with E-state index in [2.05, 4.69) is 6.58 Å². The second-order valence-corrected chi connectivity index (χ2v) is 6.48. The highest BCUT2D eigenvalue weighted by atomic mass is 32.2. The molecule has 2 rings (SSSR count). The first-order valence-corrected chi connectivity index (χ1v) is 6.87. The van der Waals surface area contributed by atoms with Gasteiger partial charge in [0.15, 0.2) is 0 Å². The van der Waals surface area contributed by atoms with Crippen LogP contribution in [0.25, 0.3) is 0 Å². The van der Waals surface area contributed by atoms with Crippen molar-refractivity contribution in [2.24, 2.45) is 5.92 Å². The minimum Gasteiger partial charge on any atom is -0.299 e. The zero-order valence-corrected chi connectivity index (χ0v) is 10.2. The van der Waals surface area contributed by atoms with Gasteiger partial charge in [0.25, 0.3) is 0 Å². The molecule has 18 heavy (non-hydrogen) atoms. The van der Waals surface area contributed by atoms with Crippen molar-refractivity contribution in [1.29, 1.82) is 0 Å². The van der Waals surface area contributed by atoms with Crippen molar-refractivity contribution in [3.63, 3.8) is 0 Å². The number of ketones is 1. The first kappa shape index (κ1) is 13.5. The summed E-state index contributed by atoms with van der Waals surface area (Å²) in [6.45, 7) is 3.12. The van der Waals surface area contributed by atoms with Gasteiger partial charge in [0.1, 0.15) is 5.78 Å². The van der Waals surface area contributed by atoms with Crippen molar-refractivity contribution in [2.45, 2.75) is 30.8 Å². The van der Waals surface area contributed by atoms with Crippen LogP contribution in [0.15, 0.2) is 12.2 Å². The largest absolute Gasteiger partial charge is 0.511 e. The van der Waals surface area contributed by atoms with E-state index in [0.29, 0.717) is 4.31 Å². The van der Waals surface area contributed by atoms with E-state index in [1.54, 1.807) is 0 Å². The molecule has 4 nitrogen and oxygen atoms in total. The summed E-state index contributed by atoms with van der Waals surface area (Å²) in [7, 11) is -5.34. The number of piperidine rings is 1. The molecule has 0 aromatic heterocycles. The van der Waals surface area contributed by atoms with Crippen LogP contribution in [0.3, 0.4) is 0 Å². The summed E-state index contributed by atoms with van der Waals surface area (Å²) in [6, 6.07) is -0.746. The molecule has 0 amide bonds. The number of carbonyl (C=O) groups is 1. The predicted molar refractivity (Wildman–Crippen MR) is 57.0 cm³/mol. The Morgan fingerprint density at radius 2 is 1.94 bits per heavy atom. The van der Waals surface area contributed by atoms with Gasteiger partial charge in [-0.05, 0) is 12.8 Å². The highest BCUT2D eigenvalue weighted by molar-refractivity contribution is 7.90. The summed E-state index contributed by atoms with van der Waals surface area (Å²) in [5, 5.41) is 0. The zero-order valence-electron chi connectivity index (χ0n) is 9.40. The quantitative estimate of drug-likeness (QED) is 0.684. The van der Waals surface area contributed by atoms with Gasteiger partial charge in [-0.3, -0.25) is 4.79 Å². The SMILES string of the molecule is C=C1CN(S(=O)(=O)C(F)(F)F)[C@@H]2CCC(=O)C1C2. The summed E-state index contributed by atoms with van der Waals surface area (Å²) >= 11 is 0. The molecule has 1 unspecified atom stereocenters. The number of hydrogen-bond acceptors (Lipinski definition) is 3. The maximum absolute atomic E-state index is 12.5. The average molecular weight is 283 g/mol. The molecule has 1 aliphatic carbocycles. The van der Waals surface area contributed by atoms with Crippen molar-refractivity contribution in [3.8, 4) is 0 Å². The van der Waals surface area contributed by atoms with Crippen molar-refractivity contribution >= 4 is 15.8 Å². The molecule has 1 saturated heterocycles. The van der Waals surface area contributed by atoms with Gasteiger partial charge in [-0.1, -0.05) is 12.2 Å². The van der Waals surface area contributed by atoms with E-state index in [1.165, 1.54) is 0 Å². The Morgan fingerprint density at radius 3 is 2.50 bits per heavy atom. The maximum Gasteiger partial charge on any atom is 0.511 e. The monoisotopic (exact) mass is 283 g/mol. The first-order chi connectivity index (χ1) is 8.14. The van der Waals surface area contributed by atoms with Gasteiger partial charge >= 0.3 is 15.5 Å². The minimum absolute atomic E-state index is 0.0553. The number of rotatable bonds is 1. The molecule has 102 valence electrons. The summed E-state index contributed by atoms with van der Waals surface area (Å²) in [4.78, 5) is 11.5. The molecule has 1 aliphatic heterocycles. The molecule has 0 aromatic carbocycles. The molecule has 2 fully saturated rings. The lowest BCUT2D eigenvalue weighted by Crippen LogP contribution is -2.54. The molecule has 0 N–H and O–H groups in total. The Labute approximate surface area is 103 Å². The Bertz CT molecular complexity index is 497. The number of fused-ring (bicyclic) bond motifs is 2. The molecule has 2 atom stereocenters. The van der Waals surface area contributed by atoms with Gasteiger partial charge in [0.2, 0.25) is 0 Å². The number of Topliss-reactive ketones (excluding diaryl/α,β-unsaturated/α-hetero) is 1. The van der Waals surface area contributed by atoms with E-state index in [4.69, 9.17) is 0 Å². The Hall–Kier alpha value is -0.890. The zero-order chi connectivity index (χ0) is 13.7. The number of sulfonamides is 1. The summed E-state index contributed by atoms with van der Waals surface area (Å²) in [5.74, 6) is -0.538. The van der Waals surface area contributed by atoms with Crippen LogP contribution >= 0.6 is 0 Å². The van der Waals surface area contributed by atoms with Crippen LogP contribution in [0.5, 0.6) is 0 Å². The molecular weight excluding hydrogens is 271 g/mol. The first-order valence-electron chi connectivity index (χ1n) is 5.43. The van der Waals surface area contributed by atoms with E-state index >= 15 is 0 Å². The van der Waals surface area contributed by atoms with Crippen molar-refractivity contribution in [2.75, 3.05) is 6.54 Å². The highest BCUT2D eigenvalue weighted by Gasteiger charge is 2.54. The molecule has 1 heterocycles. The molecule has 2 aliphatic rings. The number of carbonyl (C=O) groups excluding carboxylic acids is 1. The molecule has 2 bridgehead atoms. The van der Waals surface area contributed by atoms with E-state index in [9.17, 15) is 26.4 Å². The van der Waals surface area contributed by atoms with Crippen LogP contribution in [0.4, 0.5) is 13.2 Å². The number of alkyl halides is 3. The third-order valence-electron chi connectivity index (χ3n) is 3.48. The van der Waals surface area contributed by atoms with Crippen LogP contribution < -0.4 is 0 Å². The number of nitrogens with zero attached hydrogens (tertiary/aromatic N) is 1. The number of halogens is 3. The van der Waals surface area contributed by atoms with Crippen LogP contribution in [0.1, 0.15) is 19.3 Å². The molecular formula is C10H12F3NO3S. The molecule has 0 radical (unpaired) electrons. The van der Waals surface area contributed by atoms with Gasteiger partial charge in [-0.15, -0.1) is 0 Å². The lowest BCUT2D eigenvalue weighted by molar-refractivity contribution is -0.125. The fourth-order valence-corrected chi connectivity index (χ4v) is 3.70. The minimum atomic E-state index is -5.34. The molecule has 0 spiro atoms. The van der Waals surface area contributed by atoms with Gasteiger partial charge in [-0.2, -0.15) is 17.5 Å². The van der Waals surface area contributed by atoms with Crippen LogP contribution in [-0.4, -0.2) is 36.6 Å². The topological polar surface area (TPSA) is 54.5 Å². The van der Waals surface area contributed by atoms with E-state index < -0.39 is 34.0 Å². The molecule has 1 saturated carbocycles. The standard InChI is InChI=1S/C10H12F3NO3S/c1-6-5-14(18(16,17)10(11,12)13)7-2-3-9(15)8(6)4-7/h7-8H,1-5H2/t7-,8?/m1/s1. The van der Waals surface area contributed by atoms with Crippen molar-refractivity contribution < 1.29 is 26.4 Å². The lowest BCUT2D eigenvalue weighted by atomic mass is 9.77. The lowest BCUT2D eigenvalue weighted by Gasteiger charge is -2.42. The Balaban J connectivity index is 2.33. The fourth-order valence-electron chi connectivity index (χ4n) is 2.51. The van der Waals surface area contributed by atoms with E-state index in [0.717, 1.165) is 0 Å². The second-order valence-electron chi connectivity index (χ2n) is 4.60. The summed E-state index contributed by atoms with van der Waals surface area (Å²) < 4.78 is 60.8. The molecule has 8 heteroatoms. The van der Waals surface area contributed by atoms with Crippen LogP contribution in [0.2, 0.25) is 0 Å². The Kier molecular flexibility index (Phi) is 3.05. The van der Waals surface area contributed by atoms with Crippen molar-refractivity contribution in [3.05, 3.63) is 12.2 Å². The molecule has 0 aromatic rings.